The van der Waals surface area contributed by atoms with Crippen LogP contribution >= 0.6 is 12.2 Å². The summed E-state index contributed by atoms with van der Waals surface area (Å²) in [5.74, 6) is 0.866. The van der Waals surface area contributed by atoms with Crippen molar-refractivity contribution in [3.05, 3.63) is 35.0 Å². The maximum atomic E-state index is 5.41. The number of hydrogen-bond donors (Lipinski definition) is 1. The fraction of sp³-hybridized carbons (Fsp3) is 0.182. The third-order valence-corrected chi connectivity index (χ3v) is 2.40. The first-order valence-corrected chi connectivity index (χ1v) is 4.96. The summed E-state index contributed by atoms with van der Waals surface area (Å²) < 4.78 is 6.26. The maximum absolute atomic E-state index is 5.41. The summed E-state index contributed by atoms with van der Waals surface area (Å²) in [5.41, 5.74) is 1.04. The van der Waals surface area contributed by atoms with Crippen LogP contribution in [0.4, 0.5) is 0 Å². The maximum Gasteiger partial charge on any atom is 0.120 e. The SMILES string of the molecule is CCOc1ccc2[nH]ccc(=S)c2c1. The number of rotatable bonds is 2. The summed E-state index contributed by atoms with van der Waals surface area (Å²) in [5, 5.41) is 1.04. The van der Waals surface area contributed by atoms with Crippen molar-refractivity contribution in [1.29, 1.82) is 0 Å². The normalized spacial score (nSPS) is 10.4. The van der Waals surface area contributed by atoms with Crippen molar-refractivity contribution in [2.24, 2.45) is 0 Å². The van der Waals surface area contributed by atoms with E-state index in [1.165, 1.54) is 0 Å². The first-order valence-electron chi connectivity index (χ1n) is 4.55. The molecule has 1 aromatic heterocycles. The van der Waals surface area contributed by atoms with Gasteiger partial charge < -0.3 is 9.72 Å². The topological polar surface area (TPSA) is 25.0 Å². The molecule has 1 heterocycles. The lowest BCUT2D eigenvalue weighted by Crippen LogP contribution is -1.91. The monoisotopic (exact) mass is 205 g/mol. The van der Waals surface area contributed by atoms with E-state index in [0.29, 0.717) is 6.61 Å². The minimum absolute atomic E-state index is 0.675. The molecule has 0 aliphatic rings. The van der Waals surface area contributed by atoms with Crippen LogP contribution in [-0.4, -0.2) is 11.6 Å². The van der Waals surface area contributed by atoms with Crippen molar-refractivity contribution in [3.63, 3.8) is 0 Å². The average Bonchev–Trinajstić information content (AvgIpc) is 2.20. The van der Waals surface area contributed by atoms with E-state index in [1.54, 1.807) is 0 Å². The Kier molecular flexibility index (Phi) is 2.50. The van der Waals surface area contributed by atoms with E-state index in [4.69, 9.17) is 17.0 Å². The van der Waals surface area contributed by atoms with Crippen LogP contribution in [0.2, 0.25) is 0 Å². The lowest BCUT2D eigenvalue weighted by atomic mass is 10.2. The fourth-order valence-electron chi connectivity index (χ4n) is 1.41. The Morgan fingerprint density at radius 3 is 3.00 bits per heavy atom. The van der Waals surface area contributed by atoms with Gasteiger partial charge in [0.2, 0.25) is 0 Å². The molecule has 0 unspecified atom stereocenters. The highest BCUT2D eigenvalue weighted by Crippen LogP contribution is 2.20. The van der Waals surface area contributed by atoms with E-state index < -0.39 is 0 Å². The number of H-pyrrole nitrogens is 1. The van der Waals surface area contributed by atoms with Crippen molar-refractivity contribution in [2.45, 2.75) is 6.92 Å². The van der Waals surface area contributed by atoms with E-state index >= 15 is 0 Å². The molecule has 0 atom stereocenters. The molecule has 0 bridgehead atoms. The Bertz CT molecular complexity index is 504. The summed E-state index contributed by atoms with van der Waals surface area (Å²) in [7, 11) is 0. The lowest BCUT2D eigenvalue weighted by molar-refractivity contribution is 0.340. The van der Waals surface area contributed by atoms with Gasteiger partial charge in [-0.1, -0.05) is 12.2 Å². The predicted molar refractivity (Wildman–Crippen MR) is 60.3 cm³/mol. The van der Waals surface area contributed by atoms with Crippen LogP contribution in [0.25, 0.3) is 10.9 Å². The van der Waals surface area contributed by atoms with Gasteiger partial charge in [-0.15, -0.1) is 0 Å². The van der Waals surface area contributed by atoms with Crippen molar-refractivity contribution >= 4 is 23.1 Å². The molecule has 0 aliphatic carbocycles. The van der Waals surface area contributed by atoms with Crippen LogP contribution in [-0.2, 0) is 0 Å². The Balaban J connectivity index is 2.64. The number of ether oxygens (including phenoxy) is 1. The van der Waals surface area contributed by atoms with Crippen molar-refractivity contribution in [2.75, 3.05) is 6.61 Å². The second kappa shape index (κ2) is 3.80. The van der Waals surface area contributed by atoms with Gasteiger partial charge in [0.05, 0.1) is 6.61 Å². The Morgan fingerprint density at radius 1 is 1.36 bits per heavy atom. The summed E-state index contributed by atoms with van der Waals surface area (Å²) in [6, 6.07) is 7.78. The van der Waals surface area contributed by atoms with Crippen LogP contribution in [0.5, 0.6) is 5.75 Å². The number of nitrogens with one attached hydrogen (secondary N) is 1. The molecular formula is C11H11NOS. The van der Waals surface area contributed by atoms with E-state index in [0.717, 1.165) is 21.2 Å². The molecule has 0 radical (unpaired) electrons. The van der Waals surface area contributed by atoms with Gasteiger partial charge in [-0.2, -0.15) is 0 Å². The van der Waals surface area contributed by atoms with Gasteiger partial charge in [0, 0.05) is 21.6 Å². The van der Waals surface area contributed by atoms with Gasteiger partial charge in [0.15, 0.2) is 0 Å². The van der Waals surface area contributed by atoms with Gasteiger partial charge >= 0.3 is 0 Å². The molecule has 0 amide bonds. The predicted octanol–water partition coefficient (Wildman–Crippen LogP) is 3.30. The Labute approximate surface area is 87.5 Å². The summed E-state index contributed by atoms with van der Waals surface area (Å²) in [6.07, 6.45) is 1.85. The minimum atomic E-state index is 0.675. The van der Waals surface area contributed by atoms with Crippen molar-refractivity contribution in [1.82, 2.24) is 4.98 Å². The molecule has 1 N–H and O–H groups in total. The molecule has 0 fully saturated rings. The molecule has 0 saturated heterocycles. The van der Waals surface area contributed by atoms with Crippen LogP contribution in [0.1, 0.15) is 6.92 Å². The van der Waals surface area contributed by atoms with Crippen LogP contribution in [0.3, 0.4) is 0 Å². The van der Waals surface area contributed by atoms with E-state index in [1.807, 2.05) is 37.4 Å². The molecule has 1 aromatic carbocycles. The number of aromatic amines is 1. The minimum Gasteiger partial charge on any atom is -0.494 e. The molecule has 0 aliphatic heterocycles. The largest absolute Gasteiger partial charge is 0.494 e. The highest BCUT2D eigenvalue weighted by Gasteiger charge is 1.97. The summed E-state index contributed by atoms with van der Waals surface area (Å²) in [6.45, 7) is 2.64. The third kappa shape index (κ3) is 1.63. The Morgan fingerprint density at radius 2 is 2.21 bits per heavy atom. The Hall–Kier alpha value is -1.35. The van der Waals surface area contributed by atoms with Crippen molar-refractivity contribution in [3.8, 4) is 5.75 Å². The van der Waals surface area contributed by atoms with Gasteiger partial charge in [-0.05, 0) is 31.2 Å². The van der Waals surface area contributed by atoms with Gasteiger partial charge in [0.1, 0.15) is 5.75 Å². The van der Waals surface area contributed by atoms with Crippen LogP contribution < -0.4 is 4.74 Å². The second-order valence-electron chi connectivity index (χ2n) is 2.98. The van der Waals surface area contributed by atoms with Gasteiger partial charge in [0.25, 0.3) is 0 Å². The zero-order valence-electron chi connectivity index (χ0n) is 7.91. The molecule has 2 rings (SSSR count). The molecule has 2 nitrogen and oxygen atoms in total. The highest BCUT2D eigenvalue weighted by atomic mass is 32.1. The fourth-order valence-corrected chi connectivity index (χ4v) is 1.64. The quantitative estimate of drug-likeness (QED) is 0.761. The molecular weight excluding hydrogens is 194 g/mol. The lowest BCUT2D eigenvalue weighted by Gasteiger charge is -2.04. The first-order chi connectivity index (χ1) is 6.81. The van der Waals surface area contributed by atoms with E-state index in [2.05, 4.69) is 4.98 Å². The van der Waals surface area contributed by atoms with E-state index in [-0.39, 0.29) is 0 Å². The molecule has 2 aromatic rings. The number of aromatic nitrogens is 1. The molecule has 3 heteroatoms. The first kappa shape index (κ1) is 9.21. The number of fused-ring (bicyclic) bond motifs is 1. The number of hydrogen-bond acceptors (Lipinski definition) is 2. The average molecular weight is 205 g/mol. The summed E-state index contributed by atoms with van der Waals surface area (Å²) in [4.78, 5) is 3.14. The van der Waals surface area contributed by atoms with E-state index in [9.17, 15) is 0 Å². The molecule has 0 spiro atoms. The summed E-state index contributed by atoms with van der Waals surface area (Å²) >= 11 is 5.22. The zero-order chi connectivity index (χ0) is 9.97. The van der Waals surface area contributed by atoms with Gasteiger partial charge in [-0.3, -0.25) is 0 Å². The van der Waals surface area contributed by atoms with Crippen LogP contribution in [0.15, 0.2) is 30.5 Å². The third-order valence-electron chi connectivity index (χ3n) is 2.04. The second-order valence-corrected chi connectivity index (χ2v) is 3.42. The smallest absolute Gasteiger partial charge is 0.120 e. The van der Waals surface area contributed by atoms with Crippen LogP contribution in [0, 0.1) is 4.51 Å². The molecule has 14 heavy (non-hydrogen) atoms. The molecule has 0 saturated carbocycles. The number of pyridine rings is 1. The zero-order valence-corrected chi connectivity index (χ0v) is 8.73. The van der Waals surface area contributed by atoms with Gasteiger partial charge in [-0.25, -0.2) is 0 Å². The highest BCUT2D eigenvalue weighted by molar-refractivity contribution is 7.71. The number of benzene rings is 1. The molecule has 72 valence electrons. The standard InChI is InChI=1S/C11H11NOS/c1-2-13-8-3-4-10-9(7-8)11(14)5-6-12-10/h3-7H,2H2,1H3,(H,12,14). The van der Waals surface area contributed by atoms with Crippen molar-refractivity contribution < 1.29 is 4.74 Å².